The molecule has 0 aliphatic carbocycles. The molecule has 0 spiro atoms. The van der Waals surface area contributed by atoms with Gasteiger partial charge in [-0.05, 0) is 34.2 Å². The van der Waals surface area contributed by atoms with E-state index < -0.39 is 68.0 Å². The Kier molecular flexibility index (Phi) is 21.8. The van der Waals surface area contributed by atoms with Crippen LogP contribution in [0.1, 0.15) is 35.6 Å². The minimum atomic E-state index is -1.33. The molecule has 6 rings (SSSR count). The number of azide groups is 1. The Morgan fingerprint density at radius 3 is 1.71 bits per heavy atom. The number of hydrogen-bond acceptors (Lipinski definition) is 14. The average molecular weight is 915 g/mol. The van der Waals surface area contributed by atoms with Gasteiger partial charge in [0.05, 0.1) is 59.5 Å². The molecule has 0 unspecified atom stereocenters. The van der Waals surface area contributed by atoms with Crippen molar-refractivity contribution in [3.8, 4) is 0 Å². The van der Waals surface area contributed by atoms with Crippen LogP contribution in [0.2, 0.25) is 0 Å². The number of nitrogens with one attached hydrogen (secondary N) is 1. The number of benzene rings is 4. The predicted octanol–water partition coefficient (Wildman–Crippen LogP) is 5.40. The molecular weight excluding hydrogens is 853 g/mol. The van der Waals surface area contributed by atoms with Crippen molar-refractivity contribution in [1.29, 1.82) is 0 Å². The van der Waals surface area contributed by atoms with E-state index in [4.69, 9.17) is 52.9 Å². The van der Waals surface area contributed by atoms with Crippen LogP contribution in [0, 0.1) is 0 Å². The maximum atomic E-state index is 13.0. The van der Waals surface area contributed by atoms with Gasteiger partial charge in [-0.1, -0.05) is 126 Å². The van der Waals surface area contributed by atoms with Crippen LogP contribution in [0.4, 0.5) is 0 Å². The molecule has 2 saturated heterocycles. The van der Waals surface area contributed by atoms with Gasteiger partial charge < -0.3 is 62.9 Å². The quantitative estimate of drug-likeness (QED) is 0.0282. The zero-order valence-electron chi connectivity index (χ0n) is 37.2. The van der Waals surface area contributed by atoms with E-state index in [1.807, 2.05) is 121 Å². The van der Waals surface area contributed by atoms with E-state index in [1.165, 1.54) is 6.92 Å². The highest BCUT2D eigenvalue weighted by Gasteiger charge is 2.53. The van der Waals surface area contributed by atoms with Crippen LogP contribution in [0.25, 0.3) is 10.4 Å². The summed E-state index contributed by atoms with van der Waals surface area (Å²) < 4.78 is 64.0. The minimum absolute atomic E-state index is 0.00711. The molecule has 17 heteroatoms. The third-order valence-electron chi connectivity index (χ3n) is 10.8. The highest BCUT2D eigenvalue weighted by molar-refractivity contribution is 5.73. The number of carbonyl (C=O) groups excluding carboxylic acids is 1. The van der Waals surface area contributed by atoms with Crippen molar-refractivity contribution >= 4 is 5.91 Å². The first-order valence-corrected chi connectivity index (χ1v) is 22.3. The fourth-order valence-corrected chi connectivity index (χ4v) is 7.62. The number of aliphatic hydroxyl groups excluding tert-OH is 2. The monoisotopic (exact) mass is 914 g/mol. The van der Waals surface area contributed by atoms with Crippen molar-refractivity contribution in [2.45, 2.75) is 101 Å². The van der Waals surface area contributed by atoms with Crippen molar-refractivity contribution in [1.82, 2.24) is 5.32 Å². The van der Waals surface area contributed by atoms with Crippen LogP contribution in [0.5, 0.6) is 0 Å². The second-order valence-electron chi connectivity index (χ2n) is 15.8. The van der Waals surface area contributed by atoms with Gasteiger partial charge >= 0.3 is 0 Å². The van der Waals surface area contributed by atoms with Crippen LogP contribution in [0.15, 0.2) is 126 Å². The van der Waals surface area contributed by atoms with Crippen LogP contribution in [-0.2, 0) is 78.6 Å². The van der Waals surface area contributed by atoms with Crippen LogP contribution >= 0.6 is 0 Å². The lowest BCUT2D eigenvalue weighted by Crippen LogP contribution is -2.68. The lowest BCUT2D eigenvalue weighted by molar-refractivity contribution is -0.361. The summed E-state index contributed by atoms with van der Waals surface area (Å²) in [5.74, 6) is -0.349. The Balaban J connectivity index is 1.29. The highest BCUT2D eigenvalue weighted by atomic mass is 16.7. The first-order valence-electron chi connectivity index (χ1n) is 22.3. The largest absolute Gasteiger partial charge is 0.394 e. The smallest absolute Gasteiger partial charge is 0.217 e. The summed E-state index contributed by atoms with van der Waals surface area (Å²) >= 11 is 0. The van der Waals surface area contributed by atoms with E-state index >= 15 is 0 Å². The molecule has 3 N–H and O–H groups in total. The second kappa shape index (κ2) is 28.4. The number of ether oxygens (including phenoxy) is 10. The van der Waals surface area contributed by atoms with Crippen LogP contribution < -0.4 is 5.32 Å². The van der Waals surface area contributed by atoms with Gasteiger partial charge in [0.15, 0.2) is 12.6 Å². The first kappa shape index (κ1) is 50.6. The second-order valence-corrected chi connectivity index (χ2v) is 15.8. The van der Waals surface area contributed by atoms with Gasteiger partial charge in [0.25, 0.3) is 0 Å². The molecule has 0 aromatic heterocycles. The average Bonchev–Trinajstić information content (AvgIpc) is 3.34. The van der Waals surface area contributed by atoms with Crippen molar-refractivity contribution in [2.24, 2.45) is 5.11 Å². The fraction of sp³-hybridized carbons (Fsp3) is 0.490. The summed E-state index contributed by atoms with van der Waals surface area (Å²) in [5, 5.41) is 28.8. The molecule has 1 amide bonds. The normalized spacial score (nSPS) is 25.2. The number of hydrogen-bond donors (Lipinski definition) is 3. The molecule has 0 bridgehead atoms. The summed E-state index contributed by atoms with van der Waals surface area (Å²) in [4.78, 5) is 15.8. The molecule has 4 aromatic rings. The number of aliphatic hydroxyl groups is 2. The highest BCUT2D eigenvalue weighted by Crippen LogP contribution is 2.34. The SMILES string of the molecule is CC(=O)N[C@H]1[C@H](OCc2ccccc2)O[C@H](COCc2ccccc2)[C@@H](O[C@@H]2O[C@H](CO)[C@@H](O)[C@H](OCCOCCCOCCN=[N+]=[N-])[C@@H]2OCc2ccccc2)[C@@H]1OCc1ccccc1. The van der Waals surface area contributed by atoms with Crippen LogP contribution in [0.3, 0.4) is 0 Å². The van der Waals surface area contributed by atoms with Gasteiger partial charge in [-0.3, -0.25) is 4.79 Å². The topological polar surface area (TPSA) is 211 Å². The van der Waals surface area contributed by atoms with E-state index in [9.17, 15) is 15.0 Å². The maximum absolute atomic E-state index is 13.0. The zero-order valence-corrected chi connectivity index (χ0v) is 37.2. The summed E-state index contributed by atoms with van der Waals surface area (Å²) in [5.41, 5.74) is 12.0. The van der Waals surface area contributed by atoms with Crippen molar-refractivity contribution in [3.63, 3.8) is 0 Å². The van der Waals surface area contributed by atoms with Gasteiger partial charge in [-0.25, -0.2) is 0 Å². The van der Waals surface area contributed by atoms with Crippen molar-refractivity contribution < 1.29 is 62.4 Å². The third-order valence-corrected chi connectivity index (χ3v) is 10.8. The van der Waals surface area contributed by atoms with E-state index in [-0.39, 0.29) is 58.7 Å². The molecule has 2 aliphatic rings. The Morgan fingerprint density at radius 1 is 0.621 bits per heavy atom. The zero-order chi connectivity index (χ0) is 46.2. The molecule has 0 saturated carbocycles. The third kappa shape index (κ3) is 16.2. The minimum Gasteiger partial charge on any atom is -0.394 e. The number of rotatable bonds is 28. The Hall–Kier alpha value is -4.82. The molecule has 17 nitrogen and oxygen atoms in total. The van der Waals surface area contributed by atoms with E-state index in [1.54, 1.807) is 0 Å². The van der Waals surface area contributed by atoms with E-state index in [0.29, 0.717) is 26.2 Å². The van der Waals surface area contributed by atoms with Gasteiger partial charge in [-0.2, -0.15) is 0 Å². The molecular formula is C49H62N4O13. The molecule has 0 radical (unpaired) electrons. The first-order chi connectivity index (χ1) is 32.4. The summed E-state index contributed by atoms with van der Waals surface area (Å²) in [7, 11) is 0. The maximum Gasteiger partial charge on any atom is 0.217 e. The Labute approximate surface area is 385 Å². The van der Waals surface area contributed by atoms with Gasteiger partial charge in [0.2, 0.25) is 5.91 Å². The molecule has 10 atom stereocenters. The lowest BCUT2D eigenvalue weighted by atomic mass is 9.94. The molecule has 2 fully saturated rings. The summed E-state index contributed by atoms with van der Waals surface area (Å²) in [6.45, 7) is 3.14. The van der Waals surface area contributed by atoms with E-state index in [2.05, 4.69) is 15.3 Å². The molecule has 356 valence electrons. The van der Waals surface area contributed by atoms with Crippen molar-refractivity contribution in [3.05, 3.63) is 154 Å². The number of nitrogens with zero attached hydrogens (tertiary/aromatic N) is 3. The van der Waals surface area contributed by atoms with Gasteiger partial charge in [0.1, 0.15) is 48.8 Å². The Bertz CT molecular complexity index is 1990. The van der Waals surface area contributed by atoms with Gasteiger partial charge in [0, 0.05) is 31.6 Å². The van der Waals surface area contributed by atoms with E-state index in [0.717, 1.165) is 22.3 Å². The number of amides is 1. The standard InChI is InChI=1S/C49H62N4O13/c1-35(55)52-42-45(61-31-37-17-8-3-9-18-37)44(41(34-59-30-36-15-6-2-7-16-36)65-48(42)63-33-39-21-12-5-13-22-39)66-49-47(62-32-38-19-10-4-11-20-38)46(43(56)40(29-54)64-49)60-28-27-58-25-14-24-57-26-23-51-53-50/h2-13,15-22,40-49,54,56H,14,23-34H2,1H3,(H,52,55)/t40-,41-,42-,43-,44-,45-,46+,47+,48-,49+/m1/s1. The van der Waals surface area contributed by atoms with Crippen molar-refractivity contribution in [2.75, 3.05) is 52.8 Å². The van der Waals surface area contributed by atoms with Gasteiger partial charge in [-0.15, -0.1) is 0 Å². The molecule has 2 heterocycles. The molecule has 66 heavy (non-hydrogen) atoms. The Morgan fingerprint density at radius 2 is 1.15 bits per heavy atom. The summed E-state index contributed by atoms with van der Waals surface area (Å²) in [6, 6.07) is 37.5. The predicted molar refractivity (Wildman–Crippen MR) is 240 cm³/mol. The molecule has 2 aliphatic heterocycles. The molecule has 4 aromatic carbocycles. The lowest BCUT2D eigenvalue weighted by Gasteiger charge is -2.49. The fourth-order valence-electron chi connectivity index (χ4n) is 7.62. The number of carbonyl (C=O) groups is 1. The summed E-state index contributed by atoms with van der Waals surface area (Å²) in [6.07, 6.45) is -9.16. The van der Waals surface area contributed by atoms with Crippen LogP contribution in [-0.4, -0.2) is 130 Å².